The third-order valence-electron chi connectivity index (χ3n) is 6.37. The molecule has 0 N–H and O–H groups in total. The zero-order valence-electron chi connectivity index (χ0n) is 16.6. The summed E-state index contributed by atoms with van der Waals surface area (Å²) >= 11 is 0. The van der Waals surface area contributed by atoms with E-state index in [0.717, 1.165) is 44.5 Å². The highest BCUT2D eigenvalue weighted by atomic mass is 16.5. The van der Waals surface area contributed by atoms with Crippen LogP contribution in [0.5, 0.6) is 0 Å². The second kappa shape index (κ2) is 7.10. The lowest BCUT2D eigenvalue weighted by molar-refractivity contribution is 0.0705. The summed E-state index contributed by atoms with van der Waals surface area (Å²) < 4.78 is 5.83. The van der Waals surface area contributed by atoms with Gasteiger partial charge in [-0.15, -0.1) is 0 Å². The topological polar surface area (TPSA) is 59.2 Å². The quantitative estimate of drug-likeness (QED) is 0.796. The Balaban J connectivity index is 1.44. The number of carbonyl (C=O) groups excluding carboxylic acids is 1. The Bertz CT molecular complexity index is 799. The smallest absolute Gasteiger partial charge is 0.255 e. The maximum Gasteiger partial charge on any atom is 0.255 e. The van der Waals surface area contributed by atoms with Gasteiger partial charge in [-0.25, -0.2) is 0 Å². The van der Waals surface area contributed by atoms with E-state index >= 15 is 0 Å². The van der Waals surface area contributed by atoms with Gasteiger partial charge in [0.2, 0.25) is 0 Å². The molecule has 1 aliphatic carbocycles. The molecule has 27 heavy (non-hydrogen) atoms. The molecule has 1 fully saturated rings. The summed E-state index contributed by atoms with van der Waals surface area (Å²) in [5.41, 5.74) is 3.50. The van der Waals surface area contributed by atoms with Crippen LogP contribution in [0.2, 0.25) is 0 Å². The number of hydrogen-bond acceptors (Lipinski definition) is 4. The van der Waals surface area contributed by atoms with Crippen molar-refractivity contribution in [2.45, 2.75) is 58.8 Å². The Morgan fingerprint density at radius 3 is 2.67 bits per heavy atom. The van der Waals surface area contributed by atoms with E-state index in [2.05, 4.69) is 30.9 Å². The highest BCUT2D eigenvalue weighted by molar-refractivity contribution is 5.93. The summed E-state index contributed by atoms with van der Waals surface area (Å²) in [7, 11) is 0. The van der Waals surface area contributed by atoms with E-state index in [-0.39, 0.29) is 5.91 Å². The van der Waals surface area contributed by atoms with Gasteiger partial charge in [-0.3, -0.25) is 9.78 Å². The molecule has 0 saturated carbocycles. The number of pyridine rings is 1. The average Bonchev–Trinajstić information content (AvgIpc) is 3.11. The van der Waals surface area contributed by atoms with Crippen LogP contribution < -0.4 is 0 Å². The van der Waals surface area contributed by atoms with Gasteiger partial charge in [-0.1, -0.05) is 25.9 Å². The highest BCUT2D eigenvalue weighted by Gasteiger charge is 2.35. The maximum atomic E-state index is 12.6. The van der Waals surface area contributed by atoms with Crippen LogP contribution in [0.3, 0.4) is 0 Å². The van der Waals surface area contributed by atoms with Gasteiger partial charge in [-0.05, 0) is 55.6 Å². The third-order valence-corrected chi connectivity index (χ3v) is 6.37. The molecular formula is C22H29N3O2. The van der Waals surface area contributed by atoms with Crippen LogP contribution in [0.4, 0.5) is 0 Å². The predicted molar refractivity (Wildman–Crippen MR) is 104 cm³/mol. The fourth-order valence-electron chi connectivity index (χ4n) is 4.51. The van der Waals surface area contributed by atoms with Gasteiger partial charge in [0.15, 0.2) is 0 Å². The van der Waals surface area contributed by atoms with E-state index in [1.165, 1.54) is 17.7 Å². The third kappa shape index (κ3) is 3.64. The van der Waals surface area contributed by atoms with E-state index in [9.17, 15) is 4.79 Å². The molecule has 2 aliphatic rings. The largest absolute Gasteiger partial charge is 0.361 e. The van der Waals surface area contributed by atoms with Crippen LogP contribution in [-0.4, -0.2) is 34.0 Å². The fraction of sp³-hybridized carbons (Fsp3) is 0.591. The minimum absolute atomic E-state index is 0.0777. The molecule has 1 amide bonds. The number of amides is 1. The van der Waals surface area contributed by atoms with E-state index in [4.69, 9.17) is 4.52 Å². The van der Waals surface area contributed by atoms with Crippen LogP contribution in [-0.2, 0) is 12.8 Å². The Labute approximate surface area is 161 Å². The maximum absolute atomic E-state index is 12.6. The van der Waals surface area contributed by atoms with Crippen LogP contribution in [0, 0.1) is 11.3 Å². The average molecular weight is 367 g/mol. The Morgan fingerprint density at radius 2 is 2.00 bits per heavy atom. The molecule has 1 saturated heterocycles. The molecule has 1 atom stereocenters. The lowest BCUT2D eigenvalue weighted by atomic mass is 9.71. The van der Waals surface area contributed by atoms with Crippen molar-refractivity contribution in [3.63, 3.8) is 0 Å². The number of aromatic nitrogens is 2. The van der Waals surface area contributed by atoms with Crippen LogP contribution >= 0.6 is 0 Å². The summed E-state index contributed by atoms with van der Waals surface area (Å²) in [5, 5.41) is 4.39. The van der Waals surface area contributed by atoms with E-state index in [1.54, 1.807) is 12.4 Å². The monoisotopic (exact) mass is 367 g/mol. The lowest BCUT2D eigenvalue weighted by Crippen LogP contribution is -2.38. The number of aryl methyl sites for hydroxylation is 1. The number of hydrogen-bond donors (Lipinski definition) is 0. The zero-order chi connectivity index (χ0) is 19.0. The molecule has 0 spiro atoms. The van der Waals surface area contributed by atoms with Crippen molar-refractivity contribution in [3.05, 3.63) is 47.1 Å². The molecule has 0 radical (unpaired) electrons. The van der Waals surface area contributed by atoms with Gasteiger partial charge in [0.1, 0.15) is 5.76 Å². The first-order chi connectivity index (χ1) is 12.9. The SMILES string of the molecule is CC(C)(C)[C@@H]1CCc2noc(C3CCN(C(=O)c4cccnc4)CC3)c2C1. The fourth-order valence-corrected chi connectivity index (χ4v) is 4.51. The molecular weight excluding hydrogens is 338 g/mol. The molecule has 2 aromatic rings. The van der Waals surface area contributed by atoms with Gasteiger partial charge >= 0.3 is 0 Å². The van der Waals surface area contributed by atoms with Crippen molar-refractivity contribution in [1.82, 2.24) is 15.0 Å². The zero-order valence-corrected chi connectivity index (χ0v) is 16.6. The molecule has 5 heteroatoms. The number of piperidine rings is 1. The first-order valence-corrected chi connectivity index (χ1v) is 10.1. The predicted octanol–water partition coefficient (Wildman–Crippen LogP) is 4.24. The standard InChI is InChI=1S/C22H29N3O2/c1-22(2,3)17-6-7-19-18(13-17)20(27-24-19)15-8-11-25(12-9-15)21(26)16-5-4-10-23-14-16/h4-5,10,14-15,17H,6-9,11-13H2,1-3H3/t17-/m1/s1. The molecule has 3 heterocycles. The molecule has 1 aliphatic heterocycles. The Morgan fingerprint density at radius 1 is 1.22 bits per heavy atom. The number of rotatable bonds is 2. The first kappa shape index (κ1) is 18.2. The summed E-state index contributed by atoms with van der Waals surface area (Å²) in [6.07, 6.45) is 8.52. The molecule has 4 rings (SSSR count). The molecule has 144 valence electrons. The summed E-state index contributed by atoms with van der Waals surface area (Å²) in [6.45, 7) is 8.52. The molecule has 5 nitrogen and oxygen atoms in total. The van der Waals surface area contributed by atoms with E-state index in [1.807, 2.05) is 17.0 Å². The number of carbonyl (C=O) groups is 1. The summed E-state index contributed by atoms with van der Waals surface area (Å²) in [6, 6.07) is 3.65. The van der Waals surface area contributed by atoms with Crippen molar-refractivity contribution in [2.75, 3.05) is 13.1 Å². The second-order valence-corrected chi connectivity index (χ2v) is 9.09. The number of fused-ring (bicyclic) bond motifs is 1. The normalized spacial score (nSPS) is 21.1. The lowest BCUT2D eigenvalue weighted by Gasteiger charge is -2.35. The summed E-state index contributed by atoms with van der Waals surface area (Å²) in [4.78, 5) is 18.6. The summed E-state index contributed by atoms with van der Waals surface area (Å²) in [5.74, 6) is 2.22. The first-order valence-electron chi connectivity index (χ1n) is 10.1. The van der Waals surface area contributed by atoms with Crippen molar-refractivity contribution < 1.29 is 9.32 Å². The van der Waals surface area contributed by atoms with Crippen LogP contribution in [0.25, 0.3) is 0 Å². The Hall–Kier alpha value is -2.17. The van der Waals surface area contributed by atoms with Crippen molar-refractivity contribution >= 4 is 5.91 Å². The highest BCUT2D eigenvalue weighted by Crippen LogP contribution is 2.41. The van der Waals surface area contributed by atoms with Crippen molar-refractivity contribution in [3.8, 4) is 0 Å². The second-order valence-electron chi connectivity index (χ2n) is 9.09. The minimum atomic E-state index is 0.0777. The van der Waals surface area contributed by atoms with Gasteiger partial charge < -0.3 is 9.42 Å². The minimum Gasteiger partial charge on any atom is -0.361 e. The van der Waals surface area contributed by atoms with Crippen molar-refractivity contribution in [1.29, 1.82) is 0 Å². The molecule has 0 bridgehead atoms. The molecule has 0 unspecified atom stereocenters. The Kier molecular flexibility index (Phi) is 4.79. The van der Waals surface area contributed by atoms with Crippen LogP contribution in [0.1, 0.15) is 73.3 Å². The molecule has 2 aromatic heterocycles. The van der Waals surface area contributed by atoms with Gasteiger partial charge in [0.05, 0.1) is 11.3 Å². The number of nitrogens with zero attached hydrogens (tertiary/aromatic N) is 3. The molecule has 0 aromatic carbocycles. The van der Waals surface area contributed by atoms with Crippen LogP contribution in [0.15, 0.2) is 29.0 Å². The van der Waals surface area contributed by atoms with E-state index in [0.29, 0.717) is 22.8 Å². The van der Waals surface area contributed by atoms with Gasteiger partial charge in [0, 0.05) is 37.0 Å². The van der Waals surface area contributed by atoms with Gasteiger partial charge in [0.25, 0.3) is 5.91 Å². The van der Waals surface area contributed by atoms with Crippen molar-refractivity contribution in [2.24, 2.45) is 11.3 Å². The van der Waals surface area contributed by atoms with Gasteiger partial charge in [-0.2, -0.15) is 0 Å². The number of likely N-dealkylation sites (tertiary alicyclic amines) is 1. The van der Waals surface area contributed by atoms with E-state index < -0.39 is 0 Å².